The van der Waals surface area contributed by atoms with Gasteiger partial charge in [-0.15, -0.1) is 0 Å². The first-order valence-corrected chi connectivity index (χ1v) is 11.1. The normalized spacial score (nSPS) is 20.8. The molecule has 2 aliphatic heterocycles. The summed E-state index contributed by atoms with van der Waals surface area (Å²) in [6.45, 7) is 3.53. The van der Waals surface area contributed by atoms with Gasteiger partial charge in [-0.25, -0.2) is 0 Å². The molecule has 2 heterocycles. The molecule has 30 heavy (non-hydrogen) atoms. The Bertz CT molecular complexity index is 728. The molecular formula is C23H35N5O2. The molecule has 0 spiro atoms. The second kappa shape index (κ2) is 11.0. The number of likely N-dealkylation sites (tertiary alicyclic amines) is 2. The smallest absolute Gasteiger partial charge is 0.241 e. The van der Waals surface area contributed by atoms with Crippen LogP contribution in [0.5, 0.6) is 0 Å². The quantitative estimate of drug-likeness (QED) is 0.548. The van der Waals surface area contributed by atoms with Crippen LogP contribution >= 0.6 is 0 Å². The van der Waals surface area contributed by atoms with Gasteiger partial charge in [0.15, 0.2) is 5.96 Å². The lowest BCUT2D eigenvalue weighted by molar-refractivity contribution is -0.131. The van der Waals surface area contributed by atoms with Crippen molar-refractivity contribution in [1.29, 1.82) is 0 Å². The average Bonchev–Trinajstić information content (AvgIpc) is 2.75. The van der Waals surface area contributed by atoms with Gasteiger partial charge in [-0.1, -0.05) is 30.3 Å². The highest BCUT2D eigenvalue weighted by molar-refractivity contribution is 5.86. The van der Waals surface area contributed by atoms with Gasteiger partial charge in [0.1, 0.15) is 0 Å². The highest BCUT2D eigenvalue weighted by Gasteiger charge is 2.26. The first-order chi connectivity index (χ1) is 14.5. The van der Waals surface area contributed by atoms with Gasteiger partial charge in [0.25, 0.3) is 0 Å². The van der Waals surface area contributed by atoms with Gasteiger partial charge in [0, 0.05) is 39.6 Å². The van der Waals surface area contributed by atoms with Crippen LogP contribution in [0, 0.1) is 11.8 Å². The van der Waals surface area contributed by atoms with Crippen molar-refractivity contribution in [3.63, 3.8) is 0 Å². The Morgan fingerprint density at radius 2 is 1.80 bits per heavy atom. The SMILES string of the molecule is CN=C(NCC(=O)N1CCC(Cc2ccccc2)CC1)N1CCCC(CC(N)=O)C1. The number of carbonyl (C=O) groups is 2. The average molecular weight is 414 g/mol. The number of hydrogen-bond donors (Lipinski definition) is 2. The molecule has 2 fully saturated rings. The van der Waals surface area contributed by atoms with E-state index in [0.29, 0.717) is 12.3 Å². The molecule has 3 rings (SSSR count). The predicted molar refractivity (Wildman–Crippen MR) is 119 cm³/mol. The number of carbonyl (C=O) groups excluding carboxylic acids is 2. The van der Waals surface area contributed by atoms with Crippen LogP contribution in [0.15, 0.2) is 35.3 Å². The second-order valence-electron chi connectivity index (χ2n) is 8.54. The van der Waals surface area contributed by atoms with E-state index in [1.165, 1.54) is 5.56 Å². The minimum absolute atomic E-state index is 0.125. The molecule has 0 radical (unpaired) electrons. The zero-order valence-corrected chi connectivity index (χ0v) is 18.1. The number of benzene rings is 1. The fourth-order valence-electron chi connectivity index (χ4n) is 4.64. The van der Waals surface area contributed by atoms with Crippen LogP contribution in [0.1, 0.15) is 37.7 Å². The van der Waals surface area contributed by atoms with Gasteiger partial charge in [0.2, 0.25) is 11.8 Å². The van der Waals surface area contributed by atoms with E-state index in [2.05, 4.69) is 39.5 Å². The number of nitrogens with two attached hydrogens (primary N) is 1. The molecule has 2 amide bonds. The van der Waals surface area contributed by atoms with E-state index in [9.17, 15) is 9.59 Å². The maximum Gasteiger partial charge on any atom is 0.241 e. The number of piperidine rings is 2. The molecular weight excluding hydrogens is 378 g/mol. The third-order valence-corrected chi connectivity index (χ3v) is 6.25. The topological polar surface area (TPSA) is 91.0 Å². The summed E-state index contributed by atoms with van der Waals surface area (Å²) in [6, 6.07) is 10.6. The summed E-state index contributed by atoms with van der Waals surface area (Å²) < 4.78 is 0. The third-order valence-electron chi connectivity index (χ3n) is 6.25. The predicted octanol–water partition coefficient (Wildman–Crippen LogP) is 1.63. The molecule has 7 heteroatoms. The maximum absolute atomic E-state index is 12.7. The molecule has 2 aliphatic rings. The van der Waals surface area contributed by atoms with Gasteiger partial charge < -0.3 is 20.9 Å². The van der Waals surface area contributed by atoms with Crippen molar-refractivity contribution in [1.82, 2.24) is 15.1 Å². The molecule has 7 nitrogen and oxygen atoms in total. The molecule has 1 unspecified atom stereocenters. The number of rotatable bonds is 6. The van der Waals surface area contributed by atoms with Crippen molar-refractivity contribution in [2.45, 2.75) is 38.5 Å². The number of aliphatic imine (C=N–C) groups is 1. The fraction of sp³-hybridized carbons (Fsp3) is 0.609. The third kappa shape index (κ3) is 6.47. The van der Waals surface area contributed by atoms with Crippen molar-refractivity contribution in [3.8, 4) is 0 Å². The largest absolute Gasteiger partial charge is 0.370 e. The molecule has 1 aromatic carbocycles. The van der Waals surface area contributed by atoms with Crippen LogP contribution in [0.4, 0.5) is 0 Å². The summed E-state index contributed by atoms with van der Waals surface area (Å²) in [4.78, 5) is 32.4. The Balaban J connectivity index is 1.42. The highest BCUT2D eigenvalue weighted by atomic mass is 16.2. The van der Waals surface area contributed by atoms with Crippen molar-refractivity contribution < 1.29 is 9.59 Å². The number of nitrogens with one attached hydrogen (secondary N) is 1. The molecule has 164 valence electrons. The molecule has 0 aliphatic carbocycles. The van der Waals surface area contributed by atoms with E-state index in [1.54, 1.807) is 7.05 Å². The Morgan fingerprint density at radius 1 is 1.07 bits per heavy atom. The number of nitrogens with zero attached hydrogens (tertiary/aromatic N) is 3. The van der Waals surface area contributed by atoms with E-state index < -0.39 is 0 Å². The molecule has 1 atom stereocenters. The Labute approximate surface area is 179 Å². The van der Waals surface area contributed by atoms with Gasteiger partial charge in [-0.05, 0) is 49.5 Å². The van der Waals surface area contributed by atoms with E-state index in [1.807, 2.05) is 11.0 Å². The molecule has 3 N–H and O–H groups in total. The monoisotopic (exact) mass is 413 g/mol. The zero-order chi connectivity index (χ0) is 21.3. The summed E-state index contributed by atoms with van der Waals surface area (Å²) in [7, 11) is 1.74. The molecule has 0 saturated carbocycles. The van der Waals surface area contributed by atoms with Crippen molar-refractivity contribution in [2.75, 3.05) is 39.8 Å². The fourth-order valence-corrected chi connectivity index (χ4v) is 4.64. The number of hydrogen-bond acceptors (Lipinski definition) is 3. The standard InChI is InChI=1S/C23H35N5O2/c1-25-23(28-11-5-8-20(17-28)15-21(24)29)26-16-22(30)27-12-9-19(10-13-27)14-18-6-3-2-4-7-18/h2-4,6-7,19-20H,5,8-17H2,1H3,(H2,24,29)(H,25,26). The lowest BCUT2D eigenvalue weighted by atomic mass is 9.90. The summed E-state index contributed by atoms with van der Waals surface area (Å²) in [6.07, 6.45) is 5.61. The molecule has 2 saturated heterocycles. The van der Waals surface area contributed by atoms with E-state index in [-0.39, 0.29) is 24.3 Å². The Kier molecular flexibility index (Phi) is 8.11. The van der Waals surface area contributed by atoms with Crippen LogP contribution in [0.2, 0.25) is 0 Å². The summed E-state index contributed by atoms with van der Waals surface area (Å²) >= 11 is 0. The summed E-state index contributed by atoms with van der Waals surface area (Å²) in [5.74, 6) is 1.51. The number of amides is 2. The molecule has 0 aromatic heterocycles. The lowest BCUT2D eigenvalue weighted by Gasteiger charge is -2.35. The minimum Gasteiger partial charge on any atom is -0.370 e. The first kappa shape index (κ1) is 22.1. The van der Waals surface area contributed by atoms with E-state index in [4.69, 9.17) is 5.73 Å². The van der Waals surface area contributed by atoms with Crippen molar-refractivity contribution in [2.24, 2.45) is 22.6 Å². The molecule has 0 bridgehead atoms. The van der Waals surface area contributed by atoms with E-state index >= 15 is 0 Å². The van der Waals surface area contributed by atoms with Crippen LogP contribution in [0.25, 0.3) is 0 Å². The van der Waals surface area contributed by atoms with Crippen LogP contribution < -0.4 is 11.1 Å². The van der Waals surface area contributed by atoms with Gasteiger partial charge in [-0.3, -0.25) is 14.6 Å². The lowest BCUT2D eigenvalue weighted by Crippen LogP contribution is -2.50. The maximum atomic E-state index is 12.7. The van der Waals surface area contributed by atoms with Crippen LogP contribution in [0.3, 0.4) is 0 Å². The molecule has 1 aromatic rings. The van der Waals surface area contributed by atoms with Crippen molar-refractivity contribution in [3.05, 3.63) is 35.9 Å². The number of guanidine groups is 1. The zero-order valence-electron chi connectivity index (χ0n) is 18.1. The van der Waals surface area contributed by atoms with Gasteiger partial charge in [0.05, 0.1) is 6.54 Å². The van der Waals surface area contributed by atoms with Crippen LogP contribution in [-0.2, 0) is 16.0 Å². The highest BCUT2D eigenvalue weighted by Crippen LogP contribution is 2.22. The Morgan fingerprint density at radius 3 is 2.47 bits per heavy atom. The van der Waals surface area contributed by atoms with Crippen LogP contribution in [-0.4, -0.2) is 67.3 Å². The minimum atomic E-state index is -0.254. The Hall–Kier alpha value is -2.57. The first-order valence-electron chi connectivity index (χ1n) is 11.1. The van der Waals surface area contributed by atoms with Gasteiger partial charge >= 0.3 is 0 Å². The summed E-state index contributed by atoms with van der Waals surface area (Å²) in [5.41, 5.74) is 6.74. The second-order valence-corrected chi connectivity index (χ2v) is 8.54. The summed E-state index contributed by atoms with van der Waals surface area (Å²) in [5, 5.41) is 3.23. The van der Waals surface area contributed by atoms with Gasteiger partial charge in [-0.2, -0.15) is 0 Å². The number of primary amides is 1. The van der Waals surface area contributed by atoms with E-state index in [0.717, 1.165) is 64.2 Å². The van der Waals surface area contributed by atoms with Crippen molar-refractivity contribution >= 4 is 17.8 Å².